The van der Waals surface area contributed by atoms with Gasteiger partial charge in [0, 0.05) is 12.8 Å². The summed E-state index contributed by atoms with van der Waals surface area (Å²) in [5, 5.41) is 0. The van der Waals surface area contributed by atoms with E-state index in [0.29, 0.717) is 5.78 Å². The Morgan fingerprint density at radius 1 is 1.14 bits per heavy atom. The van der Waals surface area contributed by atoms with Gasteiger partial charge in [0.25, 0.3) is 0 Å². The van der Waals surface area contributed by atoms with E-state index in [1.807, 2.05) is 0 Å². The molecule has 0 aromatic heterocycles. The van der Waals surface area contributed by atoms with E-state index in [9.17, 15) is 4.79 Å². The fourth-order valence-corrected chi connectivity index (χ4v) is 1.43. The van der Waals surface area contributed by atoms with Crippen LogP contribution in [0.3, 0.4) is 0 Å². The largest absolute Gasteiger partial charge is 0.309 e. The average molecular weight is 199 g/mol. The topological polar surface area (TPSA) is 20.3 Å². The zero-order chi connectivity index (χ0) is 11.2. The number of hydrogen-bond donors (Lipinski definition) is 0. The van der Waals surface area contributed by atoms with Gasteiger partial charge in [-0.1, -0.05) is 20.8 Å². The molecule has 0 atom stereocenters. The normalized spacial score (nSPS) is 12.1. The first-order valence-corrected chi connectivity index (χ1v) is 5.48. The molecule has 0 aliphatic carbocycles. The summed E-state index contributed by atoms with van der Waals surface area (Å²) in [6, 6.07) is 0. The minimum absolute atomic E-state index is 0.151. The van der Waals surface area contributed by atoms with Crippen LogP contribution < -0.4 is 0 Å². The van der Waals surface area contributed by atoms with E-state index in [4.69, 9.17) is 0 Å². The van der Waals surface area contributed by atoms with Crippen molar-refractivity contribution in [2.24, 2.45) is 5.41 Å². The summed E-state index contributed by atoms with van der Waals surface area (Å²) in [6.07, 6.45) is 3.63. The maximum absolute atomic E-state index is 11.5. The standard InChI is InChI=1S/C12H25NO/c1-12(2,3)10-11(14)8-6-7-9-13(4)5/h6-10H2,1-5H3. The summed E-state index contributed by atoms with van der Waals surface area (Å²) < 4.78 is 0. The molecule has 2 nitrogen and oxygen atoms in total. The smallest absolute Gasteiger partial charge is 0.133 e. The SMILES string of the molecule is CN(C)CCCCC(=O)CC(C)(C)C. The van der Waals surface area contributed by atoms with Crippen molar-refractivity contribution in [3.05, 3.63) is 0 Å². The van der Waals surface area contributed by atoms with Crippen molar-refractivity contribution < 1.29 is 4.79 Å². The molecule has 0 unspecified atom stereocenters. The van der Waals surface area contributed by atoms with Gasteiger partial charge in [0.05, 0.1) is 0 Å². The van der Waals surface area contributed by atoms with Gasteiger partial charge in [0.15, 0.2) is 0 Å². The van der Waals surface area contributed by atoms with Crippen LogP contribution in [0, 0.1) is 5.41 Å². The van der Waals surface area contributed by atoms with Crippen molar-refractivity contribution in [1.82, 2.24) is 4.90 Å². The zero-order valence-corrected chi connectivity index (χ0v) is 10.4. The van der Waals surface area contributed by atoms with Gasteiger partial charge >= 0.3 is 0 Å². The highest BCUT2D eigenvalue weighted by Crippen LogP contribution is 2.20. The van der Waals surface area contributed by atoms with Crippen molar-refractivity contribution in [3.8, 4) is 0 Å². The lowest BCUT2D eigenvalue weighted by molar-refractivity contribution is -0.120. The monoisotopic (exact) mass is 199 g/mol. The molecule has 0 aliphatic heterocycles. The van der Waals surface area contributed by atoms with Crippen LogP contribution in [-0.2, 0) is 4.79 Å². The third-order valence-corrected chi connectivity index (χ3v) is 2.04. The molecule has 0 saturated heterocycles. The molecule has 0 aliphatic rings. The third kappa shape index (κ3) is 9.72. The lowest BCUT2D eigenvalue weighted by Gasteiger charge is -2.16. The van der Waals surface area contributed by atoms with Crippen molar-refractivity contribution in [1.29, 1.82) is 0 Å². The molecular formula is C12H25NO. The summed E-state index contributed by atoms with van der Waals surface area (Å²) in [4.78, 5) is 13.7. The Bertz CT molecular complexity index is 168. The first-order chi connectivity index (χ1) is 6.31. The molecule has 0 aromatic carbocycles. The molecule has 0 aromatic rings. The molecule has 14 heavy (non-hydrogen) atoms. The Labute approximate surface area is 88.7 Å². The summed E-state index contributed by atoms with van der Waals surface area (Å²) in [5.41, 5.74) is 0.151. The molecule has 0 radical (unpaired) electrons. The number of Topliss-reactive ketones (excluding diaryl/α,β-unsaturated/α-hetero) is 1. The average Bonchev–Trinajstić information content (AvgIpc) is 1.94. The summed E-state index contributed by atoms with van der Waals surface area (Å²) in [5.74, 6) is 0.413. The van der Waals surface area contributed by atoms with E-state index in [-0.39, 0.29) is 5.41 Å². The van der Waals surface area contributed by atoms with E-state index in [2.05, 4.69) is 39.8 Å². The number of rotatable bonds is 6. The summed E-state index contributed by atoms with van der Waals surface area (Å²) in [7, 11) is 4.13. The van der Waals surface area contributed by atoms with Crippen molar-refractivity contribution >= 4 is 5.78 Å². The second-order valence-corrected chi connectivity index (χ2v) is 5.54. The van der Waals surface area contributed by atoms with Crippen LogP contribution in [0.1, 0.15) is 46.5 Å². The number of hydrogen-bond acceptors (Lipinski definition) is 2. The Balaban J connectivity index is 3.46. The van der Waals surface area contributed by atoms with E-state index < -0.39 is 0 Å². The van der Waals surface area contributed by atoms with Crippen LogP contribution in [0.15, 0.2) is 0 Å². The first kappa shape index (κ1) is 13.6. The molecule has 84 valence electrons. The molecule has 0 heterocycles. The van der Waals surface area contributed by atoms with Gasteiger partial charge in [-0.15, -0.1) is 0 Å². The molecular weight excluding hydrogens is 174 g/mol. The van der Waals surface area contributed by atoms with Gasteiger partial charge in [0.1, 0.15) is 5.78 Å². The number of nitrogens with zero attached hydrogens (tertiary/aromatic N) is 1. The van der Waals surface area contributed by atoms with Crippen LogP contribution >= 0.6 is 0 Å². The van der Waals surface area contributed by atoms with Crippen LogP contribution in [-0.4, -0.2) is 31.3 Å². The van der Waals surface area contributed by atoms with Gasteiger partial charge in [-0.25, -0.2) is 0 Å². The van der Waals surface area contributed by atoms with Crippen molar-refractivity contribution in [2.45, 2.75) is 46.5 Å². The van der Waals surface area contributed by atoms with Gasteiger partial charge in [-0.05, 0) is 38.9 Å². The highest BCUT2D eigenvalue weighted by molar-refractivity contribution is 5.78. The van der Waals surface area contributed by atoms with Crippen LogP contribution in [0.25, 0.3) is 0 Å². The highest BCUT2D eigenvalue weighted by Gasteiger charge is 2.15. The second kappa shape index (κ2) is 6.18. The van der Waals surface area contributed by atoms with Gasteiger partial charge in [-0.2, -0.15) is 0 Å². The lowest BCUT2D eigenvalue weighted by atomic mass is 9.88. The van der Waals surface area contributed by atoms with E-state index in [1.54, 1.807) is 0 Å². The molecule has 0 saturated carbocycles. The maximum atomic E-state index is 11.5. The predicted molar refractivity (Wildman–Crippen MR) is 61.5 cm³/mol. The Morgan fingerprint density at radius 3 is 2.14 bits per heavy atom. The summed E-state index contributed by atoms with van der Waals surface area (Å²) in [6.45, 7) is 7.43. The zero-order valence-electron chi connectivity index (χ0n) is 10.4. The van der Waals surface area contributed by atoms with E-state index in [1.165, 1.54) is 0 Å². The molecule has 0 fully saturated rings. The van der Waals surface area contributed by atoms with Crippen LogP contribution in [0.4, 0.5) is 0 Å². The minimum atomic E-state index is 0.151. The third-order valence-electron chi connectivity index (χ3n) is 2.04. The number of unbranched alkanes of at least 4 members (excludes halogenated alkanes) is 1. The molecule has 0 rings (SSSR count). The predicted octanol–water partition coefficient (Wildman–Crippen LogP) is 2.72. The van der Waals surface area contributed by atoms with E-state index in [0.717, 1.165) is 32.2 Å². The van der Waals surface area contributed by atoms with Gasteiger partial charge < -0.3 is 4.90 Å². The van der Waals surface area contributed by atoms with Gasteiger partial charge in [-0.3, -0.25) is 4.79 Å². The first-order valence-electron chi connectivity index (χ1n) is 5.48. The highest BCUT2D eigenvalue weighted by atomic mass is 16.1. The van der Waals surface area contributed by atoms with Crippen molar-refractivity contribution in [3.63, 3.8) is 0 Å². The number of carbonyl (C=O) groups is 1. The fourth-order valence-electron chi connectivity index (χ4n) is 1.43. The molecule has 0 bridgehead atoms. The Hall–Kier alpha value is -0.370. The Kier molecular flexibility index (Phi) is 6.01. The quantitative estimate of drug-likeness (QED) is 0.613. The molecule has 2 heteroatoms. The maximum Gasteiger partial charge on any atom is 0.133 e. The minimum Gasteiger partial charge on any atom is -0.309 e. The fraction of sp³-hybridized carbons (Fsp3) is 0.917. The second-order valence-electron chi connectivity index (χ2n) is 5.54. The van der Waals surface area contributed by atoms with Crippen LogP contribution in [0.2, 0.25) is 0 Å². The summed E-state index contributed by atoms with van der Waals surface area (Å²) >= 11 is 0. The van der Waals surface area contributed by atoms with Crippen LogP contribution in [0.5, 0.6) is 0 Å². The Morgan fingerprint density at radius 2 is 1.71 bits per heavy atom. The van der Waals surface area contributed by atoms with Gasteiger partial charge in [0.2, 0.25) is 0 Å². The molecule has 0 spiro atoms. The molecule has 0 N–H and O–H groups in total. The molecule has 0 amide bonds. The lowest BCUT2D eigenvalue weighted by Crippen LogP contribution is -2.15. The number of ketones is 1. The van der Waals surface area contributed by atoms with E-state index >= 15 is 0 Å². The number of carbonyl (C=O) groups excluding carboxylic acids is 1. The van der Waals surface area contributed by atoms with Crippen molar-refractivity contribution in [2.75, 3.05) is 20.6 Å².